The lowest BCUT2D eigenvalue weighted by atomic mass is 10.1. The van der Waals surface area contributed by atoms with Crippen LogP contribution in [-0.2, 0) is 21.9 Å². The Hall–Kier alpha value is -1.69. The first-order valence-corrected chi connectivity index (χ1v) is 12.0. The molecule has 0 aliphatic carbocycles. The minimum Gasteiger partial charge on any atom is -0.354 e. The Morgan fingerprint density at radius 3 is 2.47 bits per heavy atom. The monoisotopic (exact) mass is 466 g/mol. The van der Waals surface area contributed by atoms with Crippen molar-refractivity contribution in [3.63, 3.8) is 0 Å². The largest absolute Gasteiger partial charge is 0.354 e. The van der Waals surface area contributed by atoms with Crippen LogP contribution in [-0.4, -0.2) is 35.1 Å². The fraction of sp³-hybridized carbons (Fsp3) is 0.391. The van der Waals surface area contributed by atoms with E-state index in [1.165, 1.54) is 0 Å². The highest BCUT2D eigenvalue weighted by molar-refractivity contribution is 7.99. The summed E-state index contributed by atoms with van der Waals surface area (Å²) in [4.78, 5) is 27.5. The molecule has 2 rings (SSSR count). The van der Waals surface area contributed by atoms with Crippen molar-refractivity contribution >= 4 is 46.8 Å². The van der Waals surface area contributed by atoms with Gasteiger partial charge in [-0.3, -0.25) is 9.59 Å². The summed E-state index contributed by atoms with van der Waals surface area (Å²) in [5.41, 5.74) is 1.93. The van der Waals surface area contributed by atoms with Crippen LogP contribution in [0, 0.1) is 0 Å². The van der Waals surface area contributed by atoms with E-state index in [1.807, 2.05) is 44.2 Å². The van der Waals surface area contributed by atoms with Crippen LogP contribution in [0.25, 0.3) is 0 Å². The molecule has 1 N–H and O–H groups in total. The Labute approximate surface area is 193 Å². The van der Waals surface area contributed by atoms with Crippen LogP contribution in [0.5, 0.6) is 0 Å². The maximum absolute atomic E-state index is 13.2. The van der Waals surface area contributed by atoms with Gasteiger partial charge >= 0.3 is 0 Å². The Kier molecular flexibility index (Phi) is 10.6. The van der Waals surface area contributed by atoms with Gasteiger partial charge in [-0.1, -0.05) is 73.4 Å². The molecule has 0 bridgehead atoms. The van der Waals surface area contributed by atoms with Crippen molar-refractivity contribution in [2.45, 2.75) is 45.0 Å². The summed E-state index contributed by atoms with van der Waals surface area (Å²) in [6, 6.07) is 14.7. The van der Waals surface area contributed by atoms with Crippen LogP contribution >= 0.6 is 35.0 Å². The number of carbonyl (C=O) groups excluding carboxylic acids is 2. The van der Waals surface area contributed by atoms with Crippen LogP contribution < -0.4 is 5.32 Å². The maximum atomic E-state index is 13.2. The van der Waals surface area contributed by atoms with Gasteiger partial charge in [0, 0.05) is 28.9 Å². The van der Waals surface area contributed by atoms with Gasteiger partial charge in [0.1, 0.15) is 6.04 Å². The van der Waals surface area contributed by atoms with Crippen molar-refractivity contribution in [3.8, 4) is 0 Å². The fourth-order valence-electron chi connectivity index (χ4n) is 3.03. The molecule has 0 aliphatic heterocycles. The second-order valence-electron chi connectivity index (χ2n) is 6.95. The lowest BCUT2D eigenvalue weighted by molar-refractivity contribution is -0.139. The Morgan fingerprint density at radius 2 is 1.83 bits per heavy atom. The summed E-state index contributed by atoms with van der Waals surface area (Å²) >= 11 is 13.9. The molecule has 0 saturated carbocycles. The number of nitrogens with one attached hydrogen (secondary N) is 1. The SMILES string of the molecule is CCCNC(=O)[C@H](CC)N(Cc1ccc(Cl)cc1Cl)C(=O)CSCc1ccccc1. The normalized spacial score (nSPS) is 11.7. The number of thioether (sulfide) groups is 1. The van der Waals surface area contributed by atoms with Crippen molar-refractivity contribution in [3.05, 3.63) is 69.7 Å². The maximum Gasteiger partial charge on any atom is 0.242 e. The highest BCUT2D eigenvalue weighted by Gasteiger charge is 2.28. The smallest absolute Gasteiger partial charge is 0.242 e. The predicted molar refractivity (Wildman–Crippen MR) is 127 cm³/mol. The third-order valence-electron chi connectivity index (χ3n) is 4.63. The van der Waals surface area contributed by atoms with E-state index in [-0.39, 0.29) is 24.1 Å². The molecule has 4 nitrogen and oxygen atoms in total. The second kappa shape index (κ2) is 12.9. The summed E-state index contributed by atoms with van der Waals surface area (Å²) in [6.45, 7) is 4.76. The van der Waals surface area contributed by atoms with E-state index in [9.17, 15) is 9.59 Å². The number of amides is 2. The van der Waals surface area contributed by atoms with Crippen LogP contribution in [0.1, 0.15) is 37.8 Å². The minimum atomic E-state index is -0.548. The van der Waals surface area contributed by atoms with Crippen molar-refractivity contribution in [2.24, 2.45) is 0 Å². The first-order valence-electron chi connectivity index (χ1n) is 10.1. The second-order valence-corrected chi connectivity index (χ2v) is 8.78. The number of rotatable bonds is 11. The molecule has 0 aromatic heterocycles. The Bertz CT molecular complexity index is 833. The fourth-order valence-corrected chi connectivity index (χ4v) is 4.37. The van der Waals surface area contributed by atoms with Gasteiger partial charge in [-0.2, -0.15) is 0 Å². The summed E-state index contributed by atoms with van der Waals surface area (Å²) < 4.78 is 0. The van der Waals surface area contributed by atoms with Crippen molar-refractivity contribution in [1.29, 1.82) is 0 Å². The van der Waals surface area contributed by atoms with Gasteiger partial charge in [0.05, 0.1) is 5.75 Å². The van der Waals surface area contributed by atoms with Crippen LogP contribution in [0.2, 0.25) is 10.0 Å². The zero-order chi connectivity index (χ0) is 21.9. The molecule has 0 fully saturated rings. The molecule has 2 aromatic rings. The molecule has 2 aromatic carbocycles. The quantitative estimate of drug-likeness (QED) is 0.471. The predicted octanol–water partition coefficient (Wildman–Crippen LogP) is 5.56. The van der Waals surface area contributed by atoms with E-state index in [0.29, 0.717) is 23.0 Å². The van der Waals surface area contributed by atoms with E-state index >= 15 is 0 Å². The average molecular weight is 467 g/mol. The topological polar surface area (TPSA) is 49.4 Å². The van der Waals surface area contributed by atoms with Gasteiger partial charge in [0.15, 0.2) is 0 Å². The van der Waals surface area contributed by atoms with Crippen molar-refractivity contribution in [2.75, 3.05) is 12.3 Å². The van der Waals surface area contributed by atoms with Crippen LogP contribution in [0.15, 0.2) is 48.5 Å². The number of halogens is 2. The molecule has 0 radical (unpaired) electrons. The molecule has 0 spiro atoms. The molecular weight excluding hydrogens is 439 g/mol. The van der Waals surface area contributed by atoms with E-state index in [0.717, 1.165) is 23.3 Å². The number of hydrogen-bond acceptors (Lipinski definition) is 3. The standard InChI is InChI=1S/C23H28Cl2N2O2S/c1-3-12-26-23(29)21(4-2)27(14-18-10-11-19(24)13-20(18)25)22(28)16-30-15-17-8-6-5-7-9-17/h5-11,13,21H,3-4,12,14-16H2,1-2H3,(H,26,29)/t21-/m0/s1. The molecule has 30 heavy (non-hydrogen) atoms. The molecule has 2 amide bonds. The van der Waals surface area contributed by atoms with Gasteiger partial charge in [-0.15, -0.1) is 11.8 Å². The molecule has 0 unspecified atom stereocenters. The number of hydrogen-bond donors (Lipinski definition) is 1. The van der Waals surface area contributed by atoms with E-state index in [2.05, 4.69) is 5.32 Å². The molecule has 0 saturated heterocycles. The highest BCUT2D eigenvalue weighted by Crippen LogP contribution is 2.24. The first-order chi connectivity index (χ1) is 14.5. The summed E-state index contributed by atoms with van der Waals surface area (Å²) in [5, 5.41) is 3.94. The molecule has 162 valence electrons. The van der Waals surface area contributed by atoms with E-state index in [4.69, 9.17) is 23.2 Å². The minimum absolute atomic E-state index is 0.0829. The lowest BCUT2D eigenvalue weighted by Crippen LogP contribution is -2.49. The van der Waals surface area contributed by atoms with Gasteiger partial charge in [0.25, 0.3) is 0 Å². The molecule has 0 aliphatic rings. The van der Waals surface area contributed by atoms with Crippen molar-refractivity contribution in [1.82, 2.24) is 10.2 Å². The van der Waals surface area contributed by atoms with Crippen LogP contribution in [0.4, 0.5) is 0 Å². The third kappa shape index (κ3) is 7.53. The van der Waals surface area contributed by atoms with Crippen LogP contribution in [0.3, 0.4) is 0 Å². The zero-order valence-corrected chi connectivity index (χ0v) is 19.7. The van der Waals surface area contributed by atoms with Gasteiger partial charge in [-0.25, -0.2) is 0 Å². The van der Waals surface area contributed by atoms with Gasteiger partial charge in [-0.05, 0) is 36.1 Å². The Morgan fingerprint density at radius 1 is 1.10 bits per heavy atom. The molecule has 0 heterocycles. The van der Waals surface area contributed by atoms with E-state index < -0.39 is 6.04 Å². The van der Waals surface area contributed by atoms with E-state index in [1.54, 1.807) is 34.9 Å². The molecular formula is C23H28Cl2N2O2S. The summed E-state index contributed by atoms with van der Waals surface area (Å²) in [6.07, 6.45) is 1.36. The first kappa shape index (κ1) is 24.6. The number of carbonyl (C=O) groups is 2. The summed E-state index contributed by atoms with van der Waals surface area (Å²) in [5.74, 6) is 0.810. The molecule has 7 heteroatoms. The molecule has 1 atom stereocenters. The lowest BCUT2D eigenvalue weighted by Gasteiger charge is -2.31. The summed E-state index contributed by atoms with van der Waals surface area (Å²) in [7, 11) is 0. The number of benzene rings is 2. The third-order valence-corrected chi connectivity index (χ3v) is 6.20. The van der Waals surface area contributed by atoms with Crippen molar-refractivity contribution < 1.29 is 9.59 Å². The number of nitrogens with zero attached hydrogens (tertiary/aromatic N) is 1. The Balaban J connectivity index is 2.15. The van der Waals surface area contributed by atoms with Gasteiger partial charge < -0.3 is 10.2 Å². The average Bonchev–Trinajstić information content (AvgIpc) is 2.74. The highest BCUT2D eigenvalue weighted by atomic mass is 35.5. The zero-order valence-electron chi connectivity index (χ0n) is 17.4. The van der Waals surface area contributed by atoms with Gasteiger partial charge in [0.2, 0.25) is 11.8 Å².